The lowest BCUT2D eigenvalue weighted by molar-refractivity contribution is -0.141. The summed E-state index contributed by atoms with van der Waals surface area (Å²) in [6.45, 7) is 0. The van der Waals surface area contributed by atoms with Gasteiger partial charge in [0.15, 0.2) is 0 Å². The molecule has 2 fully saturated rings. The van der Waals surface area contributed by atoms with Crippen LogP contribution in [0.15, 0.2) is 0 Å². The number of methoxy groups -OCH3 is 1. The Hall–Kier alpha value is -1.26. The molecule has 0 atom stereocenters. The van der Waals surface area contributed by atoms with E-state index in [1.165, 1.54) is 13.5 Å². The Bertz CT molecular complexity index is 309. The van der Waals surface area contributed by atoms with Crippen molar-refractivity contribution in [1.29, 1.82) is 0 Å². The highest BCUT2D eigenvalue weighted by Crippen LogP contribution is 2.32. The van der Waals surface area contributed by atoms with Crippen LogP contribution in [0.25, 0.3) is 0 Å². The third-order valence-corrected chi connectivity index (χ3v) is 3.96. The SMILES string of the molecule is COC(=O)NC1CC(C(=O)N(C)C2CCC2)C1. The summed E-state index contributed by atoms with van der Waals surface area (Å²) < 4.78 is 4.52. The van der Waals surface area contributed by atoms with E-state index in [0.29, 0.717) is 6.04 Å². The second-order valence-corrected chi connectivity index (χ2v) is 5.04. The molecule has 0 bridgehead atoms. The quantitative estimate of drug-likeness (QED) is 0.804. The van der Waals surface area contributed by atoms with Gasteiger partial charge in [-0.2, -0.15) is 0 Å². The van der Waals surface area contributed by atoms with Gasteiger partial charge in [0, 0.05) is 25.0 Å². The second kappa shape index (κ2) is 4.94. The fraction of sp³-hybridized carbons (Fsp3) is 0.833. The summed E-state index contributed by atoms with van der Waals surface area (Å²) in [5.74, 6) is 0.320. The fourth-order valence-corrected chi connectivity index (χ4v) is 2.40. The predicted molar refractivity (Wildman–Crippen MR) is 62.5 cm³/mol. The van der Waals surface area contributed by atoms with Crippen molar-refractivity contribution in [3.63, 3.8) is 0 Å². The van der Waals surface area contributed by atoms with E-state index in [-0.39, 0.29) is 17.9 Å². The molecule has 0 aromatic rings. The molecule has 2 aliphatic rings. The van der Waals surface area contributed by atoms with Crippen molar-refractivity contribution in [3.8, 4) is 0 Å². The van der Waals surface area contributed by atoms with Gasteiger partial charge in [-0.05, 0) is 32.1 Å². The first-order valence-corrected chi connectivity index (χ1v) is 6.23. The molecular weight excluding hydrogens is 220 g/mol. The van der Waals surface area contributed by atoms with Crippen molar-refractivity contribution in [3.05, 3.63) is 0 Å². The van der Waals surface area contributed by atoms with Gasteiger partial charge in [0.25, 0.3) is 0 Å². The number of alkyl carbamates (subject to hydrolysis) is 1. The largest absolute Gasteiger partial charge is 0.453 e. The summed E-state index contributed by atoms with van der Waals surface area (Å²) in [6.07, 6.45) is 4.58. The minimum atomic E-state index is -0.409. The maximum Gasteiger partial charge on any atom is 0.407 e. The van der Waals surface area contributed by atoms with Crippen molar-refractivity contribution in [1.82, 2.24) is 10.2 Å². The van der Waals surface area contributed by atoms with Crippen LogP contribution in [0.3, 0.4) is 0 Å². The summed E-state index contributed by atoms with van der Waals surface area (Å²) in [5, 5.41) is 2.72. The van der Waals surface area contributed by atoms with Crippen LogP contribution in [0.5, 0.6) is 0 Å². The van der Waals surface area contributed by atoms with E-state index >= 15 is 0 Å². The van der Waals surface area contributed by atoms with Crippen LogP contribution in [0.4, 0.5) is 4.79 Å². The van der Waals surface area contributed by atoms with Gasteiger partial charge >= 0.3 is 6.09 Å². The molecule has 5 heteroatoms. The number of amides is 2. The molecule has 0 heterocycles. The molecule has 2 saturated carbocycles. The molecule has 1 N–H and O–H groups in total. The van der Waals surface area contributed by atoms with Gasteiger partial charge in [0.05, 0.1) is 7.11 Å². The molecule has 0 radical (unpaired) electrons. The van der Waals surface area contributed by atoms with Gasteiger partial charge in [-0.15, -0.1) is 0 Å². The average Bonchev–Trinajstić information content (AvgIpc) is 2.18. The van der Waals surface area contributed by atoms with E-state index in [4.69, 9.17) is 0 Å². The van der Waals surface area contributed by atoms with Gasteiger partial charge in [-0.3, -0.25) is 4.79 Å². The normalized spacial score (nSPS) is 27.6. The molecule has 2 aliphatic carbocycles. The van der Waals surface area contributed by atoms with Crippen LogP contribution < -0.4 is 5.32 Å². The number of ether oxygens (including phenoxy) is 1. The Morgan fingerprint density at radius 3 is 2.41 bits per heavy atom. The Morgan fingerprint density at radius 1 is 1.29 bits per heavy atom. The van der Waals surface area contributed by atoms with E-state index in [2.05, 4.69) is 10.1 Å². The summed E-state index contributed by atoms with van der Waals surface area (Å²) in [7, 11) is 3.24. The molecule has 0 spiro atoms. The molecule has 96 valence electrons. The van der Waals surface area contributed by atoms with Crippen LogP contribution in [-0.4, -0.2) is 43.1 Å². The van der Waals surface area contributed by atoms with Crippen LogP contribution in [0.2, 0.25) is 0 Å². The molecule has 0 saturated heterocycles. The Morgan fingerprint density at radius 2 is 1.94 bits per heavy atom. The maximum absolute atomic E-state index is 12.0. The van der Waals surface area contributed by atoms with Crippen molar-refractivity contribution in [2.24, 2.45) is 5.92 Å². The van der Waals surface area contributed by atoms with Crippen LogP contribution in [-0.2, 0) is 9.53 Å². The Labute approximate surface area is 101 Å². The fourth-order valence-electron chi connectivity index (χ4n) is 2.40. The zero-order valence-corrected chi connectivity index (χ0v) is 10.4. The summed E-state index contributed by atoms with van der Waals surface area (Å²) >= 11 is 0. The molecule has 0 aromatic heterocycles. The van der Waals surface area contributed by atoms with Crippen LogP contribution in [0.1, 0.15) is 32.1 Å². The zero-order valence-electron chi connectivity index (χ0n) is 10.4. The van der Waals surface area contributed by atoms with Gasteiger partial charge in [0.1, 0.15) is 0 Å². The third kappa shape index (κ3) is 2.53. The van der Waals surface area contributed by atoms with E-state index in [1.54, 1.807) is 0 Å². The first-order valence-electron chi connectivity index (χ1n) is 6.23. The molecular formula is C12H20N2O3. The number of hydrogen-bond acceptors (Lipinski definition) is 3. The number of nitrogens with zero attached hydrogens (tertiary/aromatic N) is 1. The summed E-state index contributed by atoms with van der Waals surface area (Å²) in [5.41, 5.74) is 0. The predicted octanol–water partition coefficient (Wildman–Crippen LogP) is 1.13. The lowest BCUT2D eigenvalue weighted by Gasteiger charge is -2.41. The molecule has 17 heavy (non-hydrogen) atoms. The van der Waals surface area contributed by atoms with Crippen molar-refractivity contribution in [2.45, 2.75) is 44.2 Å². The van der Waals surface area contributed by atoms with Gasteiger partial charge in [-0.1, -0.05) is 0 Å². The monoisotopic (exact) mass is 240 g/mol. The van der Waals surface area contributed by atoms with Crippen molar-refractivity contribution < 1.29 is 14.3 Å². The standard InChI is InChI=1S/C12H20N2O3/c1-14(10-4-3-5-10)11(15)8-6-9(7-8)13-12(16)17-2/h8-10H,3-7H2,1-2H3,(H,13,16). The minimum absolute atomic E-state index is 0.0859. The van der Waals surface area contributed by atoms with Crippen molar-refractivity contribution >= 4 is 12.0 Å². The summed E-state index contributed by atoms with van der Waals surface area (Å²) in [4.78, 5) is 24.9. The Kier molecular flexibility index (Phi) is 3.54. The first-order chi connectivity index (χ1) is 8.11. The highest BCUT2D eigenvalue weighted by atomic mass is 16.5. The molecule has 0 aliphatic heterocycles. The molecule has 5 nitrogen and oxygen atoms in total. The lowest BCUT2D eigenvalue weighted by atomic mass is 9.78. The Balaban J connectivity index is 1.71. The number of nitrogens with one attached hydrogen (secondary N) is 1. The highest BCUT2D eigenvalue weighted by Gasteiger charge is 2.39. The van der Waals surface area contributed by atoms with Gasteiger partial charge in [-0.25, -0.2) is 4.79 Å². The van der Waals surface area contributed by atoms with Crippen LogP contribution >= 0.6 is 0 Å². The summed E-state index contributed by atoms with van der Waals surface area (Å²) in [6, 6.07) is 0.557. The second-order valence-electron chi connectivity index (χ2n) is 5.04. The highest BCUT2D eigenvalue weighted by molar-refractivity contribution is 5.80. The average molecular weight is 240 g/mol. The zero-order chi connectivity index (χ0) is 12.4. The molecule has 2 amide bonds. The topological polar surface area (TPSA) is 58.6 Å². The number of carbonyl (C=O) groups excluding carboxylic acids is 2. The first kappa shape index (κ1) is 12.2. The van der Waals surface area contributed by atoms with Crippen molar-refractivity contribution in [2.75, 3.05) is 14.2 Å². The van der Waals surface area contributed by atoms with E-state index < -0.39 is 6.09 Å². The van der Waals surface area contributed by atoms with Gasteiger partial charge in [0.2, 0.25) is 5.91 Å². The number of hydrogen-bond donors (Lipinski definition) is 1. The molecule has 2 rings (SSSR count). The van der Waals surface area contributed by atoms with Gasteiger partial charge < -0.3 is 15.0 Å². The lowest BCUT2D eigenvalue weighted by Crippen LogP contribution is -2.52. The van der Waals surface area contributed by atoms with E-state index in [0.717, 1.165) is 25.7 Å². The minimum Gasteiger partial charge on any atom is -0.453 e. The van der Waals surface area contributed by atoms with Crippen LogP contribution in [0, 0.1) is 5.92 Å². The van der Waals surface area contributed by atoms with E-state index in [1.807, 2.05) is 11.9 Å². The smallest absolute Gasteiger partial charge is 0.407 e. The number of rotatable bonds is 3. The van der Waals surface area contributed by atoms with E-state index in [9.17, 15) is 9.59 Å². The third-order valence-electron chi connectivity index (χ3n) is 3.96. The maximum atomic E-state index is 12.0. The molecule has 0 unspecified atom stereocenters. The number of carbonyl (C=O) groups is 2. The molecule has 0 aromatic carbocycles.